The van der Waals surface area contributed by atoms with E-state index in [2.05, 4.69) is 11.6 Å². The molecule has 1 rings (SSSR count). The lowest BCUT2D eigenvalue weighted by atomic mass is 9.84. The quantitative estimate of drug-likeness (QED) is 0.693. The van der Waals surface area contributed by atoms with E-state index in [0.717, 1.165) is 13.1 Å². The van der Waals surface area contributed by atoms with E-state index in [1.807, 2.05) is 17.8 Å². The van der Waals surface area contributed by atoms with Gasteiger partial charge in [0.2, 0.25) is 0 Å². The third-order valence-corrected chi connectivity index (χ3v) is 4.09. The van der Waals surface area contributed by atoms with Gasteiger partial charge in [-0.3, -0.25) is 0 Å². The molecule has 1 aliphatic carbocycles. The fourth-order valence-electron chi connectivity index (χ4n) is 1.45. The first-order valence-electron chi connectivity index (χ1n) is 4.34. The number of hydrogen-bond donors (Lipinski definition) is 1. The summed E-state index contributed by atoms with van der Waals surface area (Å²) in [6, 6.07) is 0. The van der Waals surface area contributed by atoms with E-state index in [1.54, 1.807) is 5.54 Å². The minimum atomic E-state index is 0.542. The molecule has 1 aliphatic rings. The second-order valence-corrected chi connectivity index (χ2v) is 4.76. The first kappa shape index (κ1) is 10.4. The Bertz CT molecular complexity index is 149. The molecule has 0 heterocycles. The molecule has 1 saturated carbocycles. The smallest absolute Gasteiger partial charge is 0.0281 e. The summed E-state index contributed by atoms with van der Waals surface area (Å²) in [4.78, 5) is 0. The molecule has 0 unspecified atom stereocenters. The summed E-state index contributed by atoms with van der Waals surface area (Å²) in [7, 11) is 0. The Morgan fingerprint density at radius 1 is 1.58 bits per heavy atom. The molecule has 1 fully saturated rings. The topological polar surface area (TPSA) is 12.0 Å². The standard InChI is InChI=1S/C9H16ClNS/c1-12-9(4-2-5-9)8-11-7-3-6-10/h3,6,11H,2,4-5,7-8H2,1H3/b6-3+. The zero-order valence-corrected chi connectivity index (χ0v) is 9.05. The van der Waals surface area contributed by atoms with Crippen molar-refractivity contribution in [3.05, 3.63) is 11.6 Å². The highest BCUT2D eigenvalue weighted by Crippen LogP contribution is 2.41. The molecule has 70 valence electrons. The molecule has 0 aliphatic heterocycles. The lowest BCUT2D eigenvalue weighted by molar-refractivity contribution is 0.350. The van der Waals surface area contributed by atoms with Crippen LogP contribution >= 0.6 is 23.4 Å². The van der Waals surface area contributed by atoms with Crippen molar-refractivity contribution in [3.63, 3.8) is 0 Å². The van der Waals surface area contributed by atoms with Gasteiger partial charge in [0.25, 0.3) is 0 Å². The summed E-state index contributed by atoms with van der Waals surface area (Å²) in [5.41, 5.74) is 1.57. The molecule has 0 aromatic heterocycles. The largest absolute Gasteiger partial charge is 0.312 e. The number of nitrogens with one attached hydrogen (secondary N) is 1. The van der Waals surface area contributed by atoms with Crippen LogP contribution in [0.2, 0.25) is 0 Å². The molecule has 0 atom stereocenters. The first-order chi connectivity index (χ1) is 5.83. The second-order valence-electron chi connectivity index (χ2n) is 3.23. The minimum absolute atomic E-state index is 0.542. The average molecular weight is 206 g/mol. The predicted molar refractivity (Wildman–Crippen MR) is 58.0 cm³/mol. The van der Waals surface area contributed by atoms with Crippen LogP contribution in [0.5, 0.6) is 0 Å². The molecule has 3 heteroatoms. The molecule has 1 N–H and O–H groups in total. The molecular weight excluding hydrogens is 190 g/mol. The zero-order chi connectivity index (χ0) is 8.86. The molecule has 0 aromatic carbocycles. The average Bonchev–Trinajstić information content (AvgIpc) is 2.02. The van der Waals surface area contributed by atoms with Gasteiger partial charge in [0.15, 0.2) is 0 Å². The third kappa shape index (κ3) is 2.68. The molecule has 0 spiro atoms. The van der Waals surface area contributed by atoms with Crippen molar-refractivity contribution in [1.29, 1.82) is 0 Å². The van der Waals surface area contributed by atoms with Crippen LogP contribution in [0.25, 0.3) is 0 Å². The SMILES string of the molecule is CSC1(CNC/C=C/Cl)CCC1. The van der Waals surface area contributed by atoms with Crippen LogP contribution in [0, 0.1) is 0 Å². The van der Waals surface area contributed by atoms with Crippen molar-refractivity contribution < 1.29 is 0 Å². The van der Waals surface area contributed by atoms with E-state index in [-0.39, 0.29) is 0 Å². The Morgan fingerprint density at radius 3 is 2.75 bits per heavy atom. The van der Waals surface area contributed by atoms with Gasteiger partial charge in [0, 0.05) is 23.4 Å². The van der Waals surface area contributed by atoms with Crippen LogP contribution in [-0.2, 0) is 0 Å². The van der Waals surface area contributed by atoms with Crippen molar-refractivity contribution in [1.82, 2.24) is 5.32 Å². The van der Waals surface area contributed by atoms with Crippen molar-refractivity contribution >= 4 is 23.4 Å². The highest BCUT2D eigenvalue weighted by Gasteiger charge is 2.35. The Balaban J connectivity index is 2.12. The molecule has 0 radical (unpaired) electrons. The van der Waals surface area contributed by atoms with E-state index < -0.39 is 0 Å². The van der Waals surface area contributed by atoms with Gasteiger partial charge in [-0.25, -0.2) is 0 Å². The van der Waals surface area contributed by atoms with E-state index in [9.17, 15) is 0 Å². The van der Waals surface area contributed by atoms with Crippen molar-refractivity contribution in [2.75, 3.05) is 19.3 Å². The van der Waals surface area contributed by atoms with Crippen LogP contribution in [0.15, 0.2) is 11.6 Å². The molecule has 0 aromatic rings. The number of rotatable bonds is 5. The van der Waals surface area contributed by atoms with Crippen LogP contribution in [-0.4, -0.2) is 24.1 Å². The van der Waals surface area contributed by atoms with Gasteiger partial charge in [-0.1, -0.05) is 24.1 Å². The number of thioether (sulfide) groups is 1. The Labute approximate surface area is 83.9 Å². The van der Waals surface area contributed by atoms with Gasteiger partial charge in [0.1, 0.15) is 0 Å². The van der Waals surface area contributed by atoms with E-state index in [0.29, 0.717) is 4.75 Å². The summed E-state index contributed by atoms with van der Waals surface area (Å²) in [6.07, 6.45) is 8.28. The molecular formula is C9H16ClNS. The van der Waals surface area contributed by atoms with Crippen LogP contribution < -0.4 is 5.32 Å². The highest BCUT2D eigenvalue weighted by molar-refractivity contribution is 8.00. The van der Waals surface area contributed by atoms with Gasteiger partial charge in [-0.2, -0.15) is 11.8 Å². The summed E-state index contributed by atoms with van der Waals surface area (Å²) >= 11 is 7.40. The zero-order valence-electron chi connectivity index (χ0n) is 7.48. The van der Waals surface area contributed by atoms with Crippen LogP contribution in [0.3, 0.4) is 0 Å². The number of hydrogen-bond acceptors (Lipinski definition) is 2. The van der Waals surface area contributed by atoms with E-state index in [4.69, 9.17) is 11.6 Å². The van der Waals surface area contributed by atoms with Crippen LogP contribution in [0.1, 0.15) is 19.3 Å². The number of halogens is 1. The molecule has 1 nitrogen and oxygen atoms in total. The second kappa shape index (κ2) is 5.15. The fraction of sp³-hybridized carbons (Fsp3) is 0.778. The fourth-order valence-corrected chi connectivity index (χ4v) is 2.48. The molecule has 12 heavy (non-hydrogen) atoms. The monoisotopic (exact) mass is 205 g/mol. The molecule has 0 amide bonds. The molecule has 0 saturated heterocycles. The highest BCUT2D eigenvalue weighted by atomic mass is 35.5. The Hall–Kier alpha value is 0.340. The van der Waals surface area contributed by atoms with E-state index in [1.165, 1.54) is 19.3 Å². The summed E-state index contributed by atoms with van der Waals surface area (Å²) < 4.78 is 0.542. The Kier molecular flexibility index (Phi) is 4.47. The summed E-state index contributed by atoms with van der Waals surface area (Å²) in [5.74, 6) is 0. The maximum atomic E-state index is 5.41. The van der Waals surface area contributed by atoms with Gasteiger partial charge in [-0.15, -0.1) is 0 Å². The maximum Gasteiger partial charge on any atom is 0.0281 e. The maximum absolute atomic E-state index is 5.41. The van der Waals surface area contributed by atoms with E-state index >= 15 is 0 Å². The lowest BCUT2D eigenvalue weighted by Crippen LogP contribution is -2.43. The van der Waals surface area contributed by atoms with Crippen molar-refractivity contribution in [3.8, 4) is 0 Å². The van der Waals surface area contributed by atoms with Crippen molar-refractivity contribution in [2.24, 2.45) is 0 Å². The van der Waals surface area contributed by atoms with Gasteiger partial charge < -0.3 is 5.32 Å². The lowest BCUT2D eigenvalue weighted by Gasteiger charge is -2.40. The van der Waals surface area contributed by atoms with Crippen LogP contribution in [0.4, 0.5) is 0 Å². The Morgan fingerprint density at radius 2 is 2.33 bits per heavy atom. The summed E-state index contributed by atoms with van der Waals surface area (Å²) in [5, 5.41) is 3.39. The van der Waals surface area contributed by atoms with Crippen molar-refractivity contribution in [2.45, 2.75) is 24.0 Å². The van der Waals surface area contributed by atoms with Gasteiger partial charge >= 0.3 is 0 Å². The van der Waals surface area contributed by atoms with Gasteiger partial charge in [0.05, 0.1) is 0 Å². The third-order valence-electron chi connectivity index (χ3n) is 2.50. The van der Waals surface area contributed by atoms with Gasteiger partial charge in [-0.05, 0) is 19.1 Å². The predicted octanol–water partition coefficient (Wildman–Crippen LogP) is 2.61. The first-order valence-corrected chi connectivity index (χ1v) is 6.00. The summed E-state index contributed by atoms with van der Waals surface area (Å²) in [6.45, 7) is 2.02. The molecule has 0 bridgehead atoms. The normalized spacial score (nSPS) is 21.2. The minimum Gasteiger partial charge on any atom is -0.312 e.